The van der Waals surface area contributed by atoms with E-state index in [2.05, 4.69) is 124 Å². The maximum Gasteiger partial charge on any atom is 0.166 e. The number of furan rings is 2. The average molecular weight is 921 g/mol. The van der Waals surface area contributed by atoms with Crippen LogP contribution in [0.1, 0.15) is 5.56 Å². The highest BCUT2D eigenvalue weighted by molar-refractivity contribution is 6.20. The molecule has 0 saturated heterocycles. The first-order valence-electron chi connectivity index (χ1n) is 23.9. The van der Waals surface area contributed by atoms with Crippen molar-refractivity contribution in [3.05, 3.63) is 224 Å². The minimum absolute atomic E-state index is 0.409. The van der Waals surface area contributed by atoms with Gasteiger partial charge in [0.15, 0.2) is 17.5 Å². The molecule has 15 rings (SSSR count). The number of hydrogen-bond acceptors (Lipinski definition) is 6. The normalized spacial score (nSPS) is 11.9. The van der Waals surface area contributed by atoms with E-state index in [0.717, 1.165) is 121 Å². The van der Waals surface area contributed by atoms with Crippen molar-refractivity contribution in [3.63, 3.8) is 0 Å². The summed E-state index contributed by atoms with van der Waals surface area (Å²) >= 11 is 0. The topological polar surface area (TPSA) is 98.6 Å². The van der Waals surface area contributed by atoms with Gasteiger partial charge in [0, 0.05) is 77.5 Å². The van der Waals surface area contributed by atoms with Gasteiger partial charge in [0.05, 0.1) is 45.1 Å². The van der Waals surface area contributed by atoms with Gasteiger partial charge in [0.1, 0.15) is 22.3 Å². The van der Waals surface area contributed by atoms with Crippen LogP contribution >= 0.6 is 0 Å². The van der Waals surface area contributed by atoms with E-state index in [4.69, 9.17) is 23.8 Å². The fourth-order valence-corrected chi connectivity index (χ4v) is 11.0. The van der Waals surface area contributed by atoms with Crippen molar-refractivity contribution in [2.24, 2.45) is 0 Å². The number of nitriles is 1. The van der Waals surface area contributed by atoms with Gasteiger partial charge in [-0.05, 0) is 48.0 Å². The quantitative estimate of drug-likeness (QED) is 0.165. The smallest absolute Gasteiger partial charge is 0.166 e. The molecule has 0 saturated carbocycles. The summed E-state index contributed by atoms with van der Waals surface area (Å²) in [5.74, 6) is 1.42. The van der Waals surface area contributed by atoms with Gasteiger partial charge < -0.3 is 18.0 Å². The van der Waals surface area contributed by atoms with Crippen molar-refractivity contribution < 1.29 is 8.83 Å². The van der Waals surface area contributed by atoms with E-state index in [0.29, 0.717) is 28.6 Å². The van der Waals surface area contributed by atoms with E-state index in [9.17, 15) is 5.26 Å². The van der Waals surface area contributed by atoms with Crippen molar-refractivity contribution >= 4 is 87.5 Å². The Labute approximate surface area is 410 Å². The highest BCUT2D eigenvalue weighted by Gasteiger charge is 2.31. The number of benzene rings is 10. The van der Waals surface area contributed by atoms with Crippen LogP contribution in [0.5, 0.6) is 0 Å². The van der Waals surface area contributed by atoms with Gasteiger partial charge in [-0.25, -0.2) is 15.0 Å². The fourth-order valence-electron chi connectivity index (χ4n) is 11.0. The predicted molar refractivity (Wildman–Crippen MR) is 290 cm³/mol. The average Bonchev–Trinajstić information content (AvgIpc) is 4.19. The maximum atomic E-state index is 11.7. The Morgan fingerprint density at radius 3 is 1.25 bits per heavy atom. The molecule has 8 heteroatoms. The van der Waals surface area contributed by atoms with Crippen LogP contribution < -0.4 is 0 Å². The van der Waals surface area contributed by atoms with Crippen LogP contribution in [0.25, 0.3) is 144 Å². The monoisotopic (exact) mass is 920 g/mol. The molecule has 0 fully saturated rings. The van der Waals surface area contributed by atoms with Gasteiger partial charge in [0.25, 0.3) is 0 Å². The second-order valence-electron chi connectivity index (χ2n) is 18.2. The van der Waals surface area contributed by atoms with E-state index in [1.807, 2.05) is 109 Å². The SMILES string of the molecule is N#Cc1cc(-c2nc(-c3ccccc3)nc(-c3ccccc3)n2)c(-n2c3ccccc3c3cc4c(cc32)oc2ccccc24)c(-n2c3ccccc3c3cc4c(cc32)oc2ccccc24)c1-c1ccccc1. The van der Waals surface area contributed by atoms with E-state index < -0.39 is 0 Å². The van der Waals surface area contributed by atoms with Crippen molar-refractivity contribution in [2.75, 3.05) is 0 Å². The molecule has 0 aliphatic heterocycles. The van der Waals surface area contributed by atoms with Crippen molar-refractivity contribution in [3.8, 4) is 62.7 Å². The van der Waals surface area contributed by atoms with E-state index >= 15 is 0 Å². The lowest BCUT2D eigenvalue weighted by atomic mass is 9.92. The second kappa shape index (κ2) is 15.5. The Morgan fingerprint density at radius 1 is 0.333 bits per heavy atom. The number of para-hydroxylation sites is 4. The maximum absolute atomic E-state index is 11.7. The van der Waals surface area contributed by atoms with E-state index in [1.165, 1.54) is 0 Å². The molecule has 15 aromatic rings. The zero-order valence-corrected chi connectivity index (χ0v) is 38.3. The number of nitrogens with zero attached hydrogens (tertiary/aromatic N) is 6. The summed E-state index contributed by atoms with van der Waals surface area (Å²) < 4.78 is 18.1. The molecule has 0 spiro atoms. The molecule has 334 valence electrons. The molecular weight excluding hydrogens is 885 g/mol. The molecular formula is C64H36N6O2. The minimum Gasteiger partial charge on any atom is -0.456 e. The van der Waals surface area contributed by atoms with Gasteiger partial charge in [-0.3, -0.25) is 0 Å². The molecule has 10 aromatic carbocycles. The fraction of sp³-hybridized carbons (Fsp3) is 0. The molecule has 72 heavy (non-hydrogen) atoms. The molecule has 0 radical (unpaired) electrons. The number of fused-ring (bicyclic) bond motifs is 12. The van der Waals surface area contributed by atoms with Gasteiger partial charge in [-0.2, -0.15) is 5.26 Å². The summed E-state index contributed by atoms with van der Waals surface area (Å²) in [5, 5.41) is 20.0. The lowest BCUT2D eigenvalue weighted by Crippen LogP contribution is -2.11. The Balaban J connectivity index is 1.19. The van der Waals surface area contributed by atoms with E-state index in [1.54, 1.807) is 0 Å². The van der Waals surface area contributed by atoms with Crippen molar-refractivity contribution in [2.45, 2.75) is 0 Å². The predicted octanol–water partition coefficient (Wildman–Crippen LogP) is 16.4. The summed E-state index contributed by atoms with van der Waals surface area (Å²) in [5.41, 5.74) is 12.8. The Hall–Kier alpha value is -10.1. The van der Waals surface area contributed by atoms with E-state index in [-0.39, 0.29) is 0 Å². The Bertz CT molecular complexity index is 4690. The molecule has 0 unspecified atom stereocenters. The van der Waals surface area contributed by atoms with Crippen LogP contribution in [0.3, 0.4) is 0 Å². The molecule has 0 atom stereocenters. The van der Waals surface area contributed by atoms with Crippen LogP contribution in [-0.2, 0) is 0 Å². The highest BCUT2D eigenvalue weighted by Crippen LogP contribution is 2.49. The third kappa shape index (κ3) is 5.89. The largest absolute Gasteiger partial charge is 0.456 e. The Kier molecular flexibility index (Phi) is 8.55. The van der Waals surface area contributed by atoms with Crippen molar-refractivity contribution in [1.29, 1.82) is 5.26 Å². The zero-order chi connectivity index (χ0) is 47.4. The molecule has 0 aliphatic rings. The zero-order valence-electron chi connectivity index (χ0n) is 38.3. The summed E-state index contributed by atoms with van der Waals surface area (Å²) in [6.07, 6.45) is 0. The van der Waals surface area contributed by atoms with Crippen molar-refractivity contribution in [1.82, 2.24) is 24.1 Å². The first-order valence-corrected chi connectivity index (χ1v) is 23.9. The van der Waals surface area contributed by atoms with Crippen LogP contribution in [0.4, 0.5) is 0 Å². The molecule has 0 aliphatic carbocycles. The number of aromatic nitrogens is 5. The third-order valence-corrected chi connectivity index (χ3v) is 14.2. The standard InChI is InChI=1S/C64H36N6O2/c65-37-41-32-50(64-67-62(39-20-6-2-7-21-39)66-63(68-64)40-22-8-3-9-23-40)60(69-51-28-14-10-24-42(51)46-33-48-44-26-12-16-30-55(44)71-57(48)35-53(46)69)61(59(41)38-18-4-1-5-19-38)70-52-29-15-11-25-43(52)47-34-49-45-27-13-17-31-56(45)72-58(49)36-54(47)70/h1-36H. The number of rotatable bonds is 6. The molecule has 8 nitrogen and oxygen atoms in total. The summed E-state index contributed by atoms with van der Waals surface area (Å²) in [4.78, 5) is 16.0. The molecule has 0 bridgehead atoms. The first kappa shape index (κ1) is 39.9. The lowest BCUT2D eigenvalue weighted by Gasteiger charge is -2.24. The summed E-state index contributed by atoms with van der Waals surface area (Å²) in [6.45, 7) is 0. The molecule has 5 aromatic heterocycles. The van der Waals surface area contributed by atoms with Gasteiger partial charge in [0.2, 0.25) is 0 Å². The minimum atomic E-state index is 0.409. The van der Waals surface area contributed by atoms with Gasteiger partial charge >= 0.3 is 0 Å². The Morgan fingerprint density at radius 2 is 0.750 bits per heavy atom. The third-order valence-electron chi connectivity index (χ3n) is 14.2. The molecule has 0 amide bonds. The molecule has 0 N–H and O–H groups in total. The summed E-state index contributed by atoms with van der Waals surface area (Å²) in [6, 6.07) is 77.2. The van der Waals surface area contributed by atoms with Crippen LogP contribution in [-0.4, -0.2) is 24.1 Å². The van der Waals surface area contributed by atoms with Crippen LogP contribution in [0.15, 0.2) is 227 Å². The van der Waals surface area contributed by atoms with Gasteiger partial charge in [-0.1, -0.05) is 164 Å². The van der Waals surface area contributed by atoms with Crippen LogP contribution in [0, 0.1) is 11.3 Å². The number of hydrogen-bond donors (Lipinski definition) is 0. The lowest BCUT2D eigenvalue weighted by molar-refractivity contribution is 0.669. The second-order valence-corrected chi connectivity index (χ2v) is 18.2. The highest BCUT2D eigenvalue weighted by atomic mass is 16.3. The first-order chi connectivity index (χ1) is 35.7. The summed E-state index contributed by atoms with van der Waals surface area (Å²) in [7, 11) is 0. The molecule has 5 heterocycles. The van der Waals surface area contributed by atoms with Crippen LogP contribution in [0.2, 0.25) is 0 Å². The van der Waals surface area contributed by atoms with Gasteiger partial charge in [-0.15, -0.1) is 0 Å².